The molecule has 0 saturated heterocycles. The summed E-state index contributed by atoms with van der Waals surface area (Å²) in [4.78, 5) is 121. The molecule has 2 rings (SSSR count). The highest BCUT2D eigenvalue weighted by Crippen LogP contribution is 2.15. The number of nitrogens with two attached hydrogens (primary N) is 2. The zero-order chi connectivity index (χ0) is 56.5. The average molecular weight is 1060 g/mol. The van der Waals surface area contributed by atoms with Crippen molar-refractivity contribution in [2.75, 3.05) is 19.8 Å². The van der Waals surface area contributed by atoms with Crippen LogP contribution in [-0.2, 0) is 56.0 Å². The normalized spacial score (nSPS) is 15.7. The van der Waals surface area contributed by atoms with E-state index >= 15 is 0 Å². The summed E-state index contributed by atoms with van der Waals surface area (Å²) in [5, 5.41) is 70.3. The van der Waals surface area contributed by atoms with Crippen molar-refractivity contribution in [2.24, 2.45) is 29.2 Å². The Morgan fingerprint density at radius 1 is 0.533 bits per heavy atom. The van der Waals surface area contributed by atoms with Gasteiger partial charge in [-0.05, 0) is 80.2 Å². The summed E-state index contributed by atoms with van der Waals surface area (Å²) >= 11 is 0. The van der Waals surface area contributed by atoms with Crippen molar-refractivity contribution in [1.82, 2.24) is 42.5 Å². The van der Waals surface area contributed by atoms with Gasteiger partial charge in [0.2, 0.25) is 47.3 Å². The largest absolute Gasteiger partial charge is 0.508 e. The number of aliphatic hydroxyl groups is 3. The molecular formula is C51H80N10O14. The lowest BCUT2D eigenvalue weighted by molar-refractivity contribution is -0.143. The van der Waals surface area contributed by atoms with Gasteiger partial charge in [0, 0.05) is 12.8 Å². The highest BCUT2D eigenvalue weighted by Gasteiger charge is 2.37. The molecule has 2 aromatic rings. The van der Waals surface area contributed by atoms with Gasteiger partial charge in [0.15, 0.2) is 0 Å². The lowest BCUT2D eigenvalue weighted by Crippen LogP contribution is -2.63. The van der Waals surface area contributed by atoms with E-state index in [1.807, 2.05) is 6.92 Å². The number of hydrogen-bond donors (Lipinski definition) is 15. The number of carboxylic acids is 1. The second-order valence-electron chi connectivity index (χ2n) is 19.4. The van der Waals surface area contributed by atoms with Gasteiger partial charge in [-0.3, -0.25) is 38.4 Å². The molecule has 0 aliphatic heterocycles. The topological polar surface area (TPSA) is 403 Å². The maximum absolute atomic E-state index is 14.0. The number of nitrogens with one attached hydrogen (secondary N) is 8. The predicted octanol–water partition coefficient (Wildman–Crippen LogP) is -2.29. The molecule has 17 N–H and O–H groups in total. The van der Waals surface area contributed by atoms with Crippen LogP contribution in [0.4, 0.5) is 0 Å². The first kappa shape index (κ1) is 64.4. The minimum absolute atomic E-state index is 0.0231. The van der Waals surface area contributed by atoms with Crippen LogP contribution in [0.3, 0.4) is 0 Å². The number of phenols is 1. The van der Waals surface area contributed by atoms with Crippen LogP contribution < -0.4 is 54.0 Å². The Morgan fingerprint density at radius 3 is 1.44 bits per heavy atom. The van der Waals surface area contributed by atoms with Crippen LogP contribution in [0, 0.1) is 17.8 Å². The predicted molar refractivity (Wildman–Crippen MR) is 276 cm³/mol. The van der Waals surface area contributed by atoms with Crippen LogP contribution in [0.1, 0.15) is 91.7 Å². The van der Waals surface area contributed by atoms with Crippen LogP contribution in [0.2, 0.25) is 0 Å². The van der Waals surface area contributed by atoms with Gasteiger partial charge >= 0.3 is 5.97 Å². The third-order valence-electron chi connectivity index (χ3n) is 12.3. The molecule has 75 heavy (non-hydrogen) atoms. The van der Waals surface area contributed by atoms with Crippen LogP contribution in [0.5, 0.6) is 5.75 Å². The van der Waals surface area contributed by atoms with Crippen molar-refractivity contribution < 1.29 is 68.7 Å². The van der Waals surface area contributed by atoms with Gasteiger partial charge in [0.25, 0.3) is 0 Å². The first-order valence-corrected chi connectivity index (χ1v) is 25.2. The van der Waals surface area contributed by atoms with Gasteiger partial charge in [-0.2, -0.15) is 0 Å². The number of aromatic hydroxyl groups is 1. The Bertz CT molecular complexity index is 2180. The number of rotatable bonds is 33. The monoisotopic (exact) mass is 1060 g/mol. The van der Waals surface area contributed by atoms with Crippen molar-refractivity contribution in [1.29, 1.82) is 0 Å². The lowest BCUT2D eigenvalue weighted by atomic mass is 9.97. The summed E-state index contributed by atoms with van der Waals surface area (Å²) in [5.41, 5.74) is 13.0. The van der Waals surface area contributed by atoms with Crippen molar-refractivity contribution in [3.05, 3.63) is 65.7 Å². The fourth-order valence-corrected chi connectivity index (χ4v) is 7.55. The first-order chi connectivity index (χ1) is 35.4. The van der Waals surface area contributed by atoms with Crippen LogP contribution in [0.25, 0.3) is 0 Å². The molecule has 418 valence electrons. The third kappa shape index (κ3) is 21.9. The summed E-state index contributed by atoms with van der Waals surface area (Å²) in [6, 6.07) is 1.34. The first-order valence-electron chi connectivity index (χ1n) is 25.2. The van der Waals surface area contributed by atoms with E-state index < -0.39 is 133 Å². The molecule has 0 radical (unpaired) electrons. The molecule has 0 aromatic heterocycles. The van der Waals surface area contributed by atoms with Crippen LogP contribution in [0.15, 0.2) is 54.6 Å². The van der Waals surface area contributed by atoms with Gasteiger partial charge < -0.3 is 79.5 Å². The Hall–Kier alpha value is -6.73. The third-order valence-corrected chi connectivity index (χ3v) is 12.3. The molecule has 24 heteroatoms. The number of aliphatic carboxylic acids is 1. The number of aliphatic hydroxyl groups excluding tert-OH is 3. The van der Waals surface area contributed by atoms with Crippen LogP contribution >= 0.6 is 0 Å². The zero-order valence-electron chi connectivity index (χ0n) is 43.8. The Kier molecular flexibility index (Phi) is 27.9. The van der Waals surface area contributed by atoms with E-state index in [4.69, 9.17) is 11.5 Å². The summed E-state index contributed by atoms with van der Waals surface area (Å²) in [5.74, 6) is -9.77. The van der Waals surface area contributed by atoms with Crippen molar-refractivity contribution in [2.45, 2.75) is 154 Å². The SMILES string of the molecule is CC[C@H](C)[C@H](N)C(=O)N[C@@H](Cc1ccc(O)cc1)C(=O)N[C@H](C(=O)N[C@@H](CCCCN)C(=O)N[C@H](C(=O)N[C@@H](CO)C(=O)N[C@@H](CO)C(=O)N[C@@H](Cc1ccccc1)C(=O)N[C@@H](CC(C)C)C(=O)O)[C@@H](C)O)C(C)C. The highest BCUT2D eigenvalue weighted by molar-refractivity contribution is 5.98. The maximum atomic E-state index is 14.0. The van der Waals surface area contributed by atoms with E-state index in [1.54, 1.807) is 77.1 Å². The number of unbranched alkanes of at least 4 members (excludes halogenated alkanes) is 1. The molecule has 24 nitrogen and oxygen atoms in total. The second kappa shape index (κ2) is 32.5. The van der Waals surface area contributed by atoms with E-state index in [0.717, 1.165) is 6.92 Å². The minimum atomic E-state index is -1.85. The summed E-state index contributed by atoms with van der Waals surface area (Å²) in [6.07, 6.45) is -0.498. The molecule has 0 fully saturated rings. The second-order valence-corrected chi connectivity index (χ2v) is 19.4. The van der Waals surface area contributed by atoms with Gasteiger partial charge in [-0.25, -0.2) is 4.79 Å². The molecule has 0 aliphatic rings. The number of phenolic OH excluding ortho intramolecular Hbond substituents is 1. The number of carbonyl (C=O) groups is 9. The minimum Gasteiger partial charge on any atom is -0.508 e. The quantitative estimate of drug-likeness (QED) is 0.0335. The fourth-order valence-electron chi connectivity index (χ4n) is 7.55. The van der Waals surface area contributed by atoms with Crippen molar-refractivity contribution in [3.63, 3.8) is 0 Å². The Morgan fingerprint density at radius 2 is 0.960 bits per heavy atom. The summed E-state index contributed by atoms with van der Waals surface area (Å²) in [6.45, 7) is 9.66. The zero-order valence-corrected chi connectivity index (χ0v) is 43.8. The number of amides is 8. The van der Waals surface area contributed by atoms with E-state index in [-0.39, 0.29) is 49.8 Å². The summed E-state index contributed by atoms with van der Waals surface area (Å²) in [7, 11) is 0. The van der Waals surface area contributed by atoms with Gasteiger partial charge in [-0.15, -0.1) is 0 Å². The molecule has 0 spiro atoms. The van der Waals surface area contributed by atoms with Gasteiger partial charge in [0.1, 0.15) is 54.1 Å². The number of carbonyl (C=O) groups excluding carboxylic acids is 8. The molecule has 2 aromatic carbocycles. The molecule has 0 bridgehead atoms. The van der Waals surface area contributed by atoms with Gasteiger partial charge in [-0.1, -0.05) is 90.4 Å². The smallest absolute Gasteiger partial charge is 0.326 e. The number of benzene rings is 2. The molecule has 0 heterocycles. The Labute approximate surface area is 437 Å². The Balaban J connectivity index is 2.30. The molecule has 0 unspecified atom stereocenters. The standard InChI is InChI=1S/C51H80N10O14/c1-8-29(6)40(53)48(71)56-36(24-32-17-19-33(65)20-18-32)45(68)60-41(28(4)5)49(72)54-34(16-12-13-21-52)43(66)61-42(30(7)64)50(73)59-39(26-63)47(70)58-38(25-62)46(69)55-35(23-31-14-10-9-11-15-31)44(67)57-37(51(74)75)22-27(2)3/h9-11,14-15,17-20,27-30,34-42,62-65H,8,12-13,16,21-26,52-53H2,1-7H3,(H,54,72)(H,55,69)(H,56,71)(H,57,67)(H,58,70)(H,59,73)(H,60,68)(H,61,66)(H,74,75)/t29-,30+,34-,35-,36-,37-,38-,39-,40-,41-,42-/m0/s1. The number of hydrogen-bond acceptors (Lipinski definition) is 15. The lowest BCUT2D eigenvalue weighted by Gasteiger charge is -2.29. The number of carboxylic acid groups (broad SMARTS) is 1. The molecule has 0 saturated carbocycles. The van der Waals surface area contributed by atoms with Gasteiger partial charge in [0.05, 0.1) is 25.4 Å². The fraction of sp³-hybridized carbons (Fsp3) is 0.588. The average Bonchev–Trinajstić information content (AvgIpc) is 3.36. The van der Waals surface area contributed by atoms with E-state index in [9.17, 15) is 68.7 Å². The van der Waals surface area contributed by atoms with Crippen molar-refractivity contribution >= 4 is 53.2 Å². The maximum Gasteiger partial charge on any atom is 0.326 e. The molecule has 0 aliphatic carbocycles. The van der Waals surface area contributed by atoms with Crippen molar-refractivity contribution in [3.8, 4) is 5.75 Å². The van der Waals surface area contributed by atoms with E-state index in [1.165, 1.54) is 12.1 Å². The molecule has 8 amide bonds. The van der Waals surface area contributed by atoms with Crippen LogP contribution in [-0.4, -0.2) is 159 Å². The molecule has 11 atom stereocenters. The highest BCUT2D eigenvalue weighted by atomic mass is 16.4. The molecular weight excluding hydrogens is 977 g/mol. The van der Waals surface area contributed by atoms with E-state index in [2.05, 4.69) is 42.5 Å². The summed E-state index contributed by atoms with van der Waals surface area (Å²) < 4.78 is 0. The van der Waals surface area contributed by atoms with E-state index in [0.29, 0.717) is 30.4 Å².